The molecule has 14 rings (SSSR count). The summed E-state index contributed by atoms with van der Waals surface area (Å²) in [6, 6.07) is 73.8. The molecule has 0 aliphatic carbocycles. The predicted molar refractivity (Wildman–Crippen MR) is 317 cm³/mol. The second-order valence-electron chi connectivity index (χ2n) is 19.6. The van der Waals surface area contributed by atoms with Crippen molar-refractivity contribution in [1.29, 1.82) is 0 Å². The lowest BCUT2D eigenvalue weighted by Gasteiger charge is -2.20. The maximum absolute atomic E-state index is 14.8. The highest BCUT2D eigenvalue weighted by molar-refractivity contribution is 6.13. The van der Waals surface area contributed by atoms with Gasteiger partial charge in [0.05, 0.1) is 46.6 Å². The van der Waals surface area contributed by atoms with E-state index in [-0.39, 0.29) is 22.5 Å². The molecule has 4 aromatic heterocycles. The fourth-order valence-corrected chi connectivity index (χ4v) is 10.9. The minimum absolute atomic E-state index is 0.0657. The van der Waals surface area contributed by atoms with Crippen LogP contribution in [0.1, 0.15) is 5.56 Å². The Kier molecular flexibility index (Phi) is 11.8. The van der Waals surface area contributed by atoms with Crippen molar-refractivity contribution in [2.24, 2.45) is 0 Å². The van der Waals surface area contributed by atoms with E-state index in [4.69, 9.17) is 43.0 Å². The molecule has 0 bridgehead atoms. The van der Waals surface area contributed by atoms with Crippen LogP contribution in [0, 0.1) is 13.1 Å². The second kappa shape index (κ2) is 19.8. The van der Waals surface area contributed by atoms with Crippen LogP contribution in [-0.4, -0.2) is 39.0 Å². The summed E-state index contributed by atoms with van der Waals surface area (Å²) in [7, 11) is 0. The molecule has 0 saturated heterocycles. The van der Waals surface area contributed by atoms with Gasteiger partial charge in [-0.25, -0.2) is 39.6 Å². The fraction of sp³-hybridized carbons (Fsp3) is 0.0145. The van der Waals surface area contributed by atoms with Crippen molar-refractivity contribution in [3.63, 3.8) is 0 Å². The molecular weight excluding hydrogens is 1030 g/mol. The van der Waals surface area contributed by atoms with Crippen molar-refractivity contribution >= 4 is 55.0 Å². The van der Waals surface area contributed by atoms with Gasteiger partial charge < -0.3 is 9.13 Å². The Morgan fingerprint density at radius 2 is 0.683 bits per heavy atom. The van der Waals surface area contributed by atoms with Gasteiger partial charge in [0.1, 0.15) is 0 Å². The number of aromatic nitrogens is 8. The zero-order chi connectivity index (χ0) is 55.5. The van der Waals surface area contributed by atoms with Crippen LogP contribution < -0.4 is 0 Å². The van der Waals surface area contributed by atoms with E-state index in [9.17, 15) is 13.2 Å². The largest absolute Gasteiger partial charge is 0.415 e. The van der Waals surface area contributed by atoms with Crippen molar-refractivity contribution < 1.29 is 13.2 Å². The average Bonchev–Trinajstić information content (AvgIpc) is 2.65. The van der Waals surface area contributed by atoms with E-state index >= 15 is 0 Å². The molecule has 0 fully saturated rings. The third kappa shape index (κ3) is 8.63. The van der Waals surface area contributed by atoms with Crippen molar-refractivity contribution in [2.45, 2.75) is 6.18 Å². The summed E-state index contributed by atoms with van der Waals surface area (Å²) in [6.45, 7) is 16.7. The first-order valence-corrected chi connectivity index (χ1v) is 26.1. The van der Waals surface area contributed by atoms with E-state index < -0.39 is 11.7 Å². The van der Waals surface area contributed by atoms with Crippen LogP contribution in [-0.2, 0) is 6.18 Å². The molecule has 0 amide bonds. The van der Waals surface area contributed by atoms with Crippen LogP contribution in [0.3, 0.4) is 0 Å². The van der Waals surface area contributed by atoms with Gasteiger partial charge >= 0.3 is 6.18 Å². The summed E-state index contributed by atoms with van der Waals surface area (Å²) in [5.74, 6) is 2.82. The molecule has 386 valence electrons. The predicted octanol–water partition coefficient (Wildman–Crippen LogP) is 18.0. The first-order chi connectivity index (χ1) is 40.2. The Bertz CT molecular complexity index is 4810. The lowest BCUT2D eigenvalue weighted by atomic mass is 9.98. The van der Waals surface area contributed by atoms with Gasteiger partial charge in [0.15, 0.2) is 46.3 Å². The Morgan fingerprint density at radius 1 is 0.317 bits per heavy atom. The van der Waals surface area contributed by atoms with Crippen LogP contribution in [0.15, 0.2) is 237 Å². The number of para-hydroxylation sites is 2. The summed E-state index contributed by atoms with van der Waals surface area (Å²) in [5, 5.41) is 3.57. The van der Waals surface area contributed by atoms with Gasteiger partial charge in [-0.1, -0.05) is 182 Å². The number of halogens is 3. The Balaban J connectivity index is 1.07. The van der Waals surface area contributed by atoms with Gasteiger partial charge in [-0.05, 0) is 65.7 Å². The third-order valence-corrected chi connectivity index (χ3v) is 14.6. The van der Waals surface area contributed by atoms with Crippen LogP contribution in [0.25, 0.3) is 144 Å². The van der Waals surface area contributed by atoms with Crippen molar-refractivity contribution in [2.75, 3.05) is 0 Å². The zero-order valence-corrected chi connectivity index (χ0v) is 43.1. The smallest absolute Gasteiger partial charge is 0.308 e. The minimum Gasteiger partial charge on any atom is -0.308 e. The van der Waals surface area contributed by atoms with E-state index in [1.807, 2.05) is 206 Å². The van der Waals surface area contributed by atoms with E-state index in [1.165, 1.54) is 6.07 Å². The van der Waals surface area contributed by atoms with Crippen LogP contribution in [0.4, 0.5) is 24.5 Å². The molecule has 10 nitrogen and oxygen atoms in total. The molecule has 14 aromatic rings. The van der Waals surface area contributed by atoms with E-state index in [1.54, 1.807) is 12.1 Å². The van der Waals surface area contributed by atoms with Gasteiger partial charge in [0.25, 0.3) is 0 Å². The normalized spacial score (nSPS) is 11.6. The molecule has 0 aliphatic rings. The summed E-state index contributed by atoms with van der Waals surface area (Å²) >= 11 is 0. The van der Waals surface area contributed by atoms with Crippen LogP contribution in [0.5, 0.6) is 0 Å². The Labute approximate surface area is 467 Å². The van der Waals surface area contributed by atoms with Crippen molar-refractivity contribution in [1.82, 2.24) is 39.0 Å². The number of fused-ring (bicyclic) bond motifs is 6. The molecule has 0 spiro atoms. The highest BCUT2D eigenvalue weighted by Crippen LogP contribution is 2.46. The zero-order valence-electron chi connectivity index (χ0n) is 43.1. The van der Waals surface area contributed by atoms with E-state index in [0.29, 0.717) is 57.4 Å². The minimum atomic E-state index is -4.78. The molecular formula is C69H39F3N10. The molecule has 0 N–H and O–H groups in total. The molecule has 10 aromatic carbocycles. The SMILES string of the molecule is [C-]#[N+]c1cc(-c2cc(-n3c4ccccc4c4ccc(-c5nc(-c6ccccc6)nc(-c6ccccc6)n5)cc43)c(-n3c4ccccc4c4ccc(-c5nc(-c6ccccc6)nc(-c6ccccc6)n5)cc43)cc2[N+]#[C-])cc(C(F)(F)F)c1. The Morgan fingerprint density at radius 3 is 1.07 bits per heavy atom. The second-order valence-corrected chi connectivity index (χ2v) is 19.6. The van der Waals surface area contributed by atoms with Crippen LogP contribution >= 0.6 is 0 Å². The van der Waals surface area contributed by atoms with Gasteiger partial charge in [0, 0.05) is 60.5 Å². The summed E-state index contributed by atoms with van der Waals surface area (Å²) in [6.07, 6.45) is -4.78. The monoisotopic (exact) mass is 1060 g/mol. The van der Waals surface area contributed by atoms with Gasteiger partial charge in [-0.15, -0.1) is 0 Å². The standard InChI is InChI=1S/C69H39F3N10/c1-73-50-36-48(35-49(39-50)69(70,71)72)55-40-61(81-57-29-17-15-27-51(57)53-33-31-46(37-59(53)81)67-77-63(42-19-7-3-8-20-42)75-64(78-67)43-21-9-4-10-22-43)62(41-56(55)74-2)82-58-30-18-16-28-52(58)54-34-32-47(38-60(54)82)68-79-65(44-23-11-5-12-24-44)76-66(80-68)45-25-13-6-14-26-45/h3-41H. The molecule has 4 heterocycles. The molecule has 0 saturated carbocycles. The maximum Gasteiger partial charge on any atom is 0.415 e. The molecule has 0 aliphatic heterocycles. The number of rotatable bonds is 9. The highest BCUT2D eigenvalue weighted by Gasteiger charge is 2.32. The lowest BCUT2D eigenvalue weighted by Crippen LogP contribution is -2.06. The number of nitrogens with zero attached hydrogens (tertiary/aromatic N) is 10. The van der Waals surface area contributed by atoms with Crippen molar-refractivity contribution in [3.05, 3.63) is 265 Å². The fourth-order valence-electron chi connectivity index (χ4n) is 10.9. The maximum atomic E-state index is 14.8. The first-order valence-electron chi connectivity index (χ1n) is 26.1. The molecule has 0 atom stereocenters. The van der Waals surface area contributed by atoms with Gasteiger partial charge in [-0.2, -0.15) is 13.2 Å². The van der Waals surface area contributed by atoms with Crippen molar-refractivity contribution in [3.8, 4) is 90.8 Å². The van der Waals surface area contributed by atoms with E-state index in [0.717, 1.165) is 78.0 Å². The summed E-state index contributed by atoms with van der Waals surface area (Å²) < 4.78 is 48.5. The quantitative estimate of drug-likeness (QED) is 0.134. The molecule has 13 heteroatoms. The number of alkyl halides is 3. The average molecular weight is 1070 g/mol. The molecule has 82 heavy (non-hydrogen) atoms. The number of hydrogen-bond acceptors (Lipinski definition) is 6. The highest BCUT2D eigenvalue weighted by atomic mass is 19.4. The van der Waals surface area contributed by atoms with E-state index in [2.05, 4.69) is 18.8 Å². The van der Waals surface area contributed by atoms with Crippen LogP contribution in [0.2, 0.25) is 0 Å². The summed E-state index contributed by atoms with van der Waals surface area (Å²) in [5.41, 5.74) is 7.88. The lowest BCUT2D eigenvalue weighted by molar-refractivity contribution is -0.137. The summed E-state index contributed by atoms with van der Waals surface area (Å²) in [4.78, 5) is 37.8. The molecule has 0 unspecified atom stereocenters. The topological polar surface area (TPSA) is 95.9 Å². The Hall–Kier alpha value is -11.4. The number of hydrogen-bond donors (Lipinski definition) is 0. The van der Waals surface area contributed by atoms with Gasteiger partial charge in [0.2, 0.25) is 0 Å². The third-order valence-electron chi connectivity index (χ3n) is 14.6. The number of benzene rings is 10. The molecule has 0 radical (unpaired) electrons. The van der Waals surface area contributed by atoms with Gasteiger partial charge in [-0.3, -0.25) is 0 Å². The first kappa shape index (κ1) is 48.9.